The molecule has 0 radical (unpaired) electrons. The van der Waals surface area contributed by atoms with Crippen LogP contribution in [0.25, 0.3) is 0 Å². The number of aliphatic hydroxyl groups excluding tert-OH is 1. The minimum Gasteiger partial charge on any atom is -0.393 e. The summed E-state index contributed by atoms with van der Waals surface area (Å²) < 4.78 is 0. The van der Waals surface area contributed by atoms with Gasteiger partial charge in [0.05, 0.1) is 6.10 Å². The van der Waals surface area contributed by atoms with Crippen molar-refractivity contribution in [3.05, 3.63) is 0 Å². The van der Waals surface area contributed by atoms with E-state index in [-0.39, 0.29) is 6.10 Å². The van der Waals surface area contributed by atoms with Crippen LogP contribution in [0.15, 0.2) is 0 Å². The molecule has 3 rings (SSSR count). The Hall–Kier alpha value is -0.0400. The summed E-state index contributed by atoms with van der Waals surface area (Å²) in [5.41, 5.74) is 0. The van der Waals surface area contributed by atoms with Crippen LogP contribution in [0.5, 0.6) is 0 Å². The topological polar surface area (TPSA) is 20.2 Å². The lowest BCUT2D eigenvalue weighted by atomic mass is 9.64. The molecule has 0 aromatic rings. The maximum absolute atomic E-state index is 10.8. The van der Waals surface area contributed by atoms with E-state index < -0.39 is 0 Å². The fourth-order valence-corrected chi connectivity index (χ4v) is 5.40. The van der Waals surface area contributed by atoms with Crippen molar-refractivity contribution in [3.8, 4) is 0 Å². The summed E-state index contributed by atoms with van der Waals surface area (Å²) >= 11 is 0. The lowest BCUT2D eigenvalue weighted by Crippen LogP contribution is -2.38. The van der Waals surface area contributed by atoms with Gasteiger partial charge in [-0.2, -0.15) is 0 Å². The molecule has 3 fully saturated rings. The highest BCUT2D eigenvalue weighted by Gasteiger charge is 2.38. The second-order valence-corrected chi connectivity index (χ2v) is 7.90. The van der Waals surface area contributed by atoms with Crippen LogP contribution in [-0.2, 0) is 0 Å². The minimum absolute atomic E-state index is 0.0191. The van der Waals surface area contributed by atoms with E-state index in [2.05, 4.69) is 6.92 Å². The average molecular weight is 264 g/mol. The SMILES string of the molecule is CC1CCCC(C(O)C2CCC3CCCCC3C2)C1. The van der Waals surface area contributed by atoms with Crippen LogP contribution in [0.1, 0.15) is 77.6 Å². The monoisotopic (exact) mass is 264 g/mol. The molecule has 0 aromatic heterocycles. The molecule has 0 saturated heterocycles. The molecule has 6 unspecified atom stereocenters. The Kier molecular flexibility index (Phi) is 4.51. The summed E-state index contributed by atoms with van der Waals surface area (Å²) in [4.78, 5) is 0. The van der Waals surface area contributed by atoms with E-state index in [1.807, 2.05) is 0 Å². The Morgan fingerprint density at radius 2 is 1.47 bits per heavy atom. The molecule has 0 spiro atoms. The minimum atomic E-state index is 0.0191. The van der Waals surface area contributed by atoms with Gasteiger partial charge in [-0.3, -0.25) is 0 Å². The number of rotatable bonds is 2. The molecular formula is C18H32O. The Morgan fingerprint density at radius 3 is 2.26 bits per heavy atom. The van der Waals surface area contributed by atoms with Crippen LogP contribution < -0.4 is 0 Å². The zero-order chi connectivity index (χ0) is 13.2. The van der Waals surface area contributed by atoms with Crippen LogP contribution in [0.4, 0.5) is 0 Å². The van der Waals surface area contributed by atoms with E-state index in [0.717, 1.165) is 17.8 Å². The van der Waals surface area contributed by atoms with Gasteiger partial charge in [-0.1, -0.05) is 45.4 Å². The first-order valence-corrected chi connectivity index (χ1v) is 8.92. The largest absolute Gasteiger partial charge is 0.393 e. The molecule has 0 aliphatic heterocycles. The van der Waals surface area contributed by atoms with Gasteiger partial charge in [0.1, 0.15) is 0 Å². The Bertz CT molecular complexity index is 287. The summed E-state index contributed by atoms with van der Waals surface area (Å²) in [7, 11) is 0. The van der Waals surface area contributed by atoms with Crippen LogP contribution in [0, 0.1) is 29.6 Å². The smallest absolute Gasteiger partial charge is 0.0596 e. The predicted octanol–water partition coefficient (Wildman–Crippen LogP) is 4.78. The maximum atomic E-state index is 10.8. The second kappa shape index (κ2) is 6.16. The number of aliphatic hydroxyl groups is 1. The number of hydrogen-bond acceptors (Lipinski definition) is 1. The van der Waals surface area contributed by atoms with Crippen molar-refractivity contribution in [2.24, 2.45) is 29.6 Å². The molecule has 0 bridgehead atoms. The lowest BCUT2D eigenvalue weighted by Gasteiger charge is -2.43. The van der Waals surface area contributed by atoms with Gasteiger partial charge in [0, 0.05) is 0 Å². The van der Waals surface area contributed by atoms with Gasteiger partial charge in [0.25, 0.3) is 0 Å². The first kappa shape index (κ1) is 13.9. The van der Waals surface area contributed by atoms with E-state index in [4.69, 9.17) is 0 Å². The first-order chi connectivity index (χ1) is 9.24. The highest BCUT2D eigenvalue weighted by Crippen LogP contribution is 2.45. The molecule has 0 heterocycles. The van der Waals surface area contributed by atoms with Gasteiger partial charge in [-0.25, -0.2) is 0 Å². The predicted molar refractivity (Wildman–Crippen MR) is 79.9 cm³/mol. The van der Waals surface area contributed by atoms with Crippen molar-refractivity contribution < 1.29 is 5.11 Å². The zero-order valence-corrected chi connectivity index (χ0v) is 12.7. The average Bonchev–Trinajstić information content (AvgIpc) is 2.46. The molecule has 3 aliphatic carbocycles. The zero-order valence-electron chi connectivity index (χ0n) is 12.7. The normalized spacial score (nSPS) is 45.5. The molecular weight excluding hydrogens is 232 g/mol. The summed E-state index contributed by atoms with van der Waals surface area (Å²) in [5, 5.41) is 10.8. The third kappa shape index (κ3) is 3.17. The molecule has 19 heavy (non-hydrogen) atoms. The fourth-order valence-electron chi connectivity index (χ4n) is 5.40. The van der Waals surface area contributed by atoms with Gasteiger partial charge in [-0.15, -0.1) is 0 Å². The van der Waals surface area contributed by atoms with Crippen molar-refractivity contribution in [2.75, 3.05) is 0 Å². The highest BCUT2D eigenvalue weighted by atomic mass is 16.3. The molecule has 3 saturated carbocycles. The fraction of sp³-hybridized carbons (Fsp3) is 1.00. The van der Waals surface area contributed by atoms with E-state index in [0.29, 0.717) is 11.8 Å². The van der Waals surface area contributed by atoms with Gasteiger partial charge in [-0.05, 0) is 61.7 Å². The quantitative estimate of drug-likeness (QED) is 0.761. The highest BCUT2D eigenvalue weighted by molar-refractivity contribution is 4.89. The first-order valence-electron chi connectivity index (χ1n) is 8.92. The van der Waals surface area contributed by atoms with Crippen molar-refractivity contribution in [1.29, 1.82) is 0 Å². The van der Waals surface area contributed by atoms with E-state index >= 15 is 0 Å². The third-order valence-corrected chi connectivity index (χ3v) is 6.52. The number of hydrogen-bond donors (Lipinski definition) is 1. The summed E-state index contributed by atoms with van der Waals surface area (Å²) in [6, 6.07) is 0. The van der Waals surface area contributed by atoms with Crippen molar-refractivity contribution in [2.45, 2.75) is 83.7 Å². The van der Waals surface area contributed by atoms with Gasteiger partial charge in [0.15, 0.2) is 0 Å². The van der Waals surface area contributed by atoms with Gasteiger partial charge in [0.2, 0.25) is 0 Å². The van der Waals surface area contributed by atoms with Crippen LogP contribution in [-0.4, -0.2) is 11.2 Å². The Morgan fingerprint density at radius 1 is 0.737 bits per heavy atom. The van der Waals surface area contributed by atoms with E-state index in [9.17, 15) is 5.11 Å². The molecule has 6 atom stereocenters. The van der Waals surface area contributed by atoms with Crippen molar-refractivity contribution >= 4 is 0 Å². The maximum Gasteiger partial charge on any atom is 0.0596 e. The third-order valence-electron chi connectivity index (χ3n) is 6.52. The lowest BCUT2D eigenvalue weighted by molar-refractivity contribution is -0.0149. The number of fused-ring (bicyclic) bond motifs is 1. The molecule has 1 nitrogen and oxygen atoms in total. The van der Waals surface area contributed by atoms with Crippen LogP contribution in [0.2, 0.25) is 0 Å². The summed E-state index contributed by atoms with van der Waals surface area (Å²) in [6.07, 6.45) is 15.2. The molecule has 110 valence electrons. The van der Waals surface area contributed by atoms with Gasteiger partial charge < -0.3 is 5.11 Å². The molecule has 3 aliphatic rings. The van der Waals surface area contributed by atoms with Crippen LogP contribution in [0.3, 0.4) is 0 Å². The second-order valence-electron chi connectivity index (χ2n) is 7.90. The molecule has 0 amide bonds. The molecule has 1 N–H and O–H groups in total. The summed E-state index contributed by atoms with van der Waals surface area (Å²) in [6.45, 7) is 2.37. The molecule has 1 heteroatoms. The molecule has 0 aromatic carbocycles. The Labute approximate surface area is 119 Å². The van der Waals surface area contributed by atoms with Crippen molar-refractivity contribution in [3.63, 3.8) is 0 Å². The van der Waals surface area contributed by atoms with Crippen LogP contribution >= 0.6 is 0 Å². The van der Waals surface area contributed by atoms with Gasteiger partial charge >= 0.3 is 0 Å². The summed E-state index contributed by atoms with van der Waals surface area (Å²) in [5.74, 6) is 4.08. The Balaban J connectivity index is 1.56. The van der Waals surface area contributed by atoms with Crippen molar-refractivity contribution in [1.82, 2.24) is 0 Å². The van der Waals surface area contributed by atoms with E-state index in [1.54, 1.807) is 0 Å². The van der Waals surface area contributed by atoms with E-state index in [1.165, 1.54) is 70.6 Å². The standard InChI is InChI=1S/C18H32O/c1-13-5-4-8-16(11-13)18(19)17-10-9-14-6-2-3-7-15(14)12-17/h13-19H,2-12H2,1H3.